The number of hydrogen-bond acceptors (Lipinski definition) is 4. The molecule has 1 atom stereocenters. The van der Waals surface area contributed by atoms with Gasteiger partial charge in [0.05, 0.1) is 12.4 Å². The second-order valence-electron chi connectivity index (χ2n) is 7.78. The van der Waals surface area contributed by atoms with Gasteiger partial charge in [0, 0.05) is 54.9 Å². The number of aromatic amines is 1. The lowest BCUT2D eigenvalue weighted by Crippen LogP contribution is -2.46. The van der Waals surface area contributed by atoms with Crippen LogP contribution in [-0.4, -0.2) is 35.2 Å². The van der Waals surface area contributed by atoms with Gasteiger partial charge in [0.1, 0.15) is 0 Å². The van der Waals surface area contributed by atoms with E-state index in [2.05, 4.69) is 69.9 Å². The smallest absolute Gasteiger partial charge is 0.0918 e. The number of allylic oxidation sites excluding steroid dienone is 1. The molecule has 1 saturated heterocycles. The van der Waals surface area contributed by atoms with E-state index in [-0.39, 0.29) is 7.43 Å². The lowest BCUT2D eigenvalue weighted by molar-refractivity contribution is 0.244. The number of fused-ring (bicyclic) bond motifs is 1. The van der Waals surface area contributed by atoms with Gasteiger partial charge in [0.15, 0.2) is 0 Å². The lowest BCUT2D eigenvalue weighted by atomic mass is 10.0. The summed E-state index contributed by atoms with van der Waals surface area (Å²) in [5, 5.41) is 8.22. The summed E-state index contributed by atoms with van der Waals surface area (Å²) in [5.41, 5.74) is 5.95. The van der Waals surface area contributed by atoms with Crippen LogP contribution >= 0.6 is 0 Å². The van der Waals surface area contributed by atoms with E-state index < -0.39 is 0 Å². The highest BCUT2D eigenvalue weighted by atomic mass is 15.2. The molecule has 0 amide bonds. The fourth-order valence-electron chi connectivity index (χ4n) is 3.99. The van der Waals surface area contributed by atoms with Crippen LogP contribution in [0.4, 0.5) is 0 Å². The third-order valence-electron chi connectivity index (χ3n) is 5.52. The van der Waals surface area contributed by atoms with E-state index in [1.54, 1.807) is 0 Å². The quantitative estimate of drug-likeness (QED) is 0.647. The van der Waals surface area contributed by atoms with Crippen molar-refractivity contribution in [3.05, 3.63) is 72.0 Å². The number of nitrogens with one attached hydrogen (secondary N) is 3. The Labute approximate surface area is 174 Å². The summed E-state index contributed by atoms with van der Waals surface area (Å²) in [4.78, 5) is 10.0. The highest BCUT2D eigenvalue weighted by molar-refractivity contribution is 5.81. The molecular weight excluding hydrogens is 358 g/mol. The van der Waals surface area contributed by atoms with E-state index in [4.69, 9.17) is 0 Å². The summed E-state index contributed by atoms with van der Waals surface area (Å²) < 4.78 is 0. The second kappa shape index (κ2) is 9.03. The van der Waals surface area contributed by atoms with Gasteiger partial charge in [0.2, 0.25) is 0 Å². The van der Waals surface area contributed by atoms with Crippen molar-refractivity contribution in [2.45, 2.75) is 46.2 Å². The molecule has 4 rings (SSSR count). The zero-order chi connectivity index (χ0) is 19.5. The van der Waals surface area contributed by atoms with Crippen LogP contribution in [0.2, 0.25) is 0 Å². The van der Waals surface area contributed by atoms with E-state index in [0.717, 1.165) is 56.1 Å². The molecule has 0 spiro atoms. The maximum atomic E-state index is 4.28. The summed E-state index contributed by atoms with van der Waals surface area (Å²) in [7, 11) is 0. The van der Waals surface area contributed by atoms with E-state index in [1.165, 1.54) is 22.0 Å². The Hall–Kier alpha value is -2.95. The van der Waals surface area contributed by atoms with Gasteiger partial charge in [-0.05, 0) is 48.9 Å². The summed E-state index contributed by atoms with van der Waals surface area (Å²) >= 11 is 0. The number of piperidine rings is 1. The molecule has 5 heteroatoms. The minimum atomic E-state index is 0. The number of aromatic nitrogens is 1. The van der Waals surface area contributed by atoms with Crippen LogP contribution < -0.4 is 10.6 Å². The SMILES string of the molecule is C.C=C(NCc1cc2cc(C)ccc2[nH]1)NC1CCCN(C(=C)C2=CN=CC2)C1. The molecule has 2 aliphatic rings. The average molecular weight is 392 g/mol. The molecule has 2 aliphatic heterocycles. The fraction of sp³-hybridized carbons (Fsp3) is 0.375. The minimum absolute atomic E-state index is 0. The monoisotopic (exact) mass is 391 g/mol. The van der Waals surface area contributed by atoms with Crippen LogP contribution in [0.25, 0.3) is 10.9 Å². The molecule has 3 heterocycles. The van der Waals surface area contributed by atoms with Gasteiger partial charge in [-0.2, -0.15) is 0 Å². The van der Waals surface area contributed by atoms with Crippen molar-refractivity contribution in [3.63, 3.8) is 0 Å². The van der Waals surface area contributed by atoms with Crippen molar-refractivity contribution in [1.82, 2.24) is 20.5 Å². The van der Waals surface area contributed by atoms with Gasteiger partial charge in [-0.1, -0.05) is 32.2 Å². The Morgan fingerprint density at radius 3 is 2.97 bits per heavy atom. The third kappa shape index (κ3) is 4.91. The zero-order valence-electron chi connectivity index (χ0n) is 16.6. The minimum Gasteiger partial charge on any atom is -0.370 e. The largest absolute Gasteiger partial charge is 0.370 e. The number of benzene rings is 1. The molecule has 0 radical (unpaired) electrons. The number of likely N-dealkylation sites (tertiary alicyclic amines) is 1. The predicted molar refractivity (Wildman–Crippen MR) is 124 cm³/mol. The van der Waals surface area contributed by atoms with Crippen LogP contribution in [0, 0.1) is 6.92 Å². The molecular formula is C24H33N5. The summed E-state index contributed by atoms with van der Waals surface area (Å²) in [5.74, 6) is 0.871. The molecule has 29 heavy (non-hydrogen) atoms. The first-order valence-electron chi connectivity index (χ1n) is 10.0. The Kier molecular flexibility index (Phi) is 6.47. The summed E-state index contributed by atoms with van der Waals surface area (Å²) in [6.07, 6.45) is 7.07. The topological polar surface area (TPSA) is 55.5 Å². The molecule has 3 N–H and O–H groups in total. The van der Waals surface area contributed by atoms with Gasteiger partial charge in [-0.3, -0.25) is 4.99 Å². The van der Waals surface area contributed by atoms with E-state index in [9.17, 15) is 0 Å². The van der Waals surface area contributed by atoms with Crippen LogP contribution in [-0.2, 0) is 6.54 Å². The number of H-pyrrole nitrogens is 1. The Morgan fingerprint density at radius 2 is 2.17 bits per heavy atom. The van der Waals surface area contributed by atoms with Crippen molar-refractivity contribution in [1.29, 1.82) is 0 Å². The average Bonchev–Trinajstić information content (AvgIpc) is 3.35. The standard InChI is InChI=1S/C23H29N5.CH4/c1-16-6-7-23-20(11-16)12-22(27-23)14-25-18(3)26-21-5-4-10-28(15-21)17(2)19-8-9-24-13-19;/h6-7,9,11-13,21,25-27H,2-5,8,10,14-15H2,1H3;1H4. The maximum absolute atomic E-state index is 4.28. The molecule has 0 aliphatic carbocycles. The first-order chi connectivity index (χ1) is 13.6. The first kappa shape index (κ1) is 20.8. The number of aryl methyl sites for hydroxylation is 1. The van der Waals surface area contributed by atoms with Gasteiger partial charge in [-0.15, -0.1) is 0 Å². The Bertz CT molecular complexity index is 949. The zero-order valence-corrected chi connectivity index (χ0v) is 16.6. The van der Waals surface area contributed by atoms with Gasteiger partial charge in [-0.25, -0.2) is 0 Å². The van der Waals surface area contributed by atoms with Gasteiger partial charge < -0.3 is 20.5 Å². The highest BCUT2D eigenvalue weighted by Crippen LogP contribution is 2.23. The highest BCUT2D eigenvalue weighted by Gasteiger charge is 2.22. The van der Waals surface area contributed by atoms with E-state index in [0.29, 0.717) is 6.04 Å². The van der Waals surface area contributed by atoms with Crippen molar-refractivity contribution in [3.8, 4) is 0 Å². The third-order valence-corrected chi connectivity index (χ3v) is 5.52. The second-order valence-corrected chi connectivity index (χ2v) is 7.78. The van der Waals surface area contributed by atoms with Crippen molar-refractivity contribution in [2.75, 3.05) is 13.1 Å². The Balaban J connectivity index is 0.00000240. The van der Waals surface area contributed by atoms with Crippen molar-refractivity contribution in [2.24, 2.45) is 4.99 Å². The van der Waals surface area contributed by atoms with Gasteiger partial charge >= 0.3 is 0 Å². The molecule has 5 nitrogen and oxygen atoms in total. The predicted octanol–water partition coefficient (Wildman–Crippen LogP) is 4.60. The normalized spacial score (nSPS) is 18.3. The van der Waals surface area contributed by atoms with Crippen LogP contribution in [0.1, 0.15) is 37.9 Å². The number of rotatable bonds is 7. The number of aliphatic imine (C=N–C) groups is 1. The molecule has 2 aromatic rings. The van der Waals surface area contributed by atoms with Crippen molar-refractivity contribution >= 4 is 17.1 Å². The maximum Gasteiger partial charge on any atom is 0.0918 e. The fourth-order valence-corrected chi connectivity index (χ4v) is 3.99. The summed E-state index contributed by atoms with van der Waals surface area (Å²) in [6.45, 7) is 13.3. The molecule has 1 unspecified atom stereocenters. The molecule has 0 bridgehead atoms. The molecule has 154 valence electrons. The van der Waals surface area contributed by atoms with Crippen LogP contribution in [0.5, 0.6) is 0 Å². The molecule has 0 saturated carbocycles. The van der Waals surface area contributed by atoms with Crippen molar-refractivity contribution < 1.29 is 0 Å². The lowest BCUT2D eigenvalue weighted by Gasteiger charge is -2.37. The molecule has 1 aromatic heterocycles. The van der Waals surface area contributed by atoms with E-state index >= 15 is 0 Å². The Morgan fingerprint density at radius 1 is 1.31 bits per heavy atom. The number of hydrogen-bond donors (Lipinski definition) is 3. The van der Waals surface area contributed by atoms with Crippen LogP contribution in [0.3, 0.4) is 0 Å². The summed E-state index contributed by atoms with van der Waals surface area (Å²) in [6, 6.07) is 9.05. The first-order valence-corrected chi connectivity index (χ1v) is 10.0. The van der Waals surface area contributed by atoms with Gasteiger partial charge in [0.25, 0.3) is 0 Å². The van der Waals surface area contributed by atoms with Crippen LogP contribution in [0.15, 0.2) is 65.7 Å². The molecule has 1 fully saturated rings. The number of nitrogens with zero attached hydrogens (tertiary/aromatic N) is 2. The molecule has 1 aromatic carbocycles. The van der Waals surface area contributed by atoms with E-state index in [1.807, 2.05) is 12.4 Å².